The van der Waals surface area contributed by atoms with Gasteiger partial charge in [0.1, 0.15) is 5.01 Å². The van der Waals surface area contributed by atoms with Crippen molar-refractivity contribution in [1.29, 1.82) is 0 Å². The lowest BCUT2D eigenvalue weighted by Gasteiger charge is -1.93. The van der Waals surface area contributed by atoms with E-state index in [-0.39, 0.29) is 0 Å². The summed E-state index contributed by atoms with van der Waals surface area (Å²) in [6.45, 7) is 5.55. The van der Waals surface area contributed by atoms with E-state index >= 15 is 0 Å². The van der Waals surface area contributed by atoms with Crippen LogP contribution in [0.15, 0.2) is 18.9 Å². The lowest BCUT2D eigenvalue weighted by molar-refractivity contribution is 0.340. The summed E-state index contributed by atoms with van der Waals surface area (Å²) in [5, 5.41) is 0.939. The molecule has 0 aliphatic rings. The van der Waals surface area contributed by atoms with Crippen LogP contribution >= 0.6 is 11.5 Å². The molecule has 4 heteroatoms. The van der Waals surface area contributed by atoms with E-state index in [9.17, 15) is 0 Å². The number of methoxy groups -OCH3 is 1. The maximum Gasteiger partial charge on any atom is 0.176 e. The Morgan fingerprint density at radius 1 is 1.67 bits per heavy atom. The quantitative estimate of drug-likeness (QED) is 0.530. The summed E-state index contributed by atoms with van der Waals surface area (Å²) in [5.74, 6) is 0.675. The van der Waals surface area contributed by atoms with Crippen molar-refractivity contribution in [3.8, 4) is 0 Å². The predicted molar refractivity (Wildman–Crippen MR) is 49.8 cm³/mol. The molecule has 0 radical (unpaired) electrons. The van der Waals surface area contributed by atoms with E-state index in [2.05, 4.69) is 15.9 Å². The van der Waals surface area contributed by atoms with Crippen LogP contribution in [-0.4, -0.2) is 16.5 Å². The number of ether oxygens (including phenoxy) is 1. The molecule has 0 unspecified atom stereocenters. The van der Waals surface area contributed by atoms with E-state index in [4.69, 9.17) is 4.74 Å². The van der Waals surface area contributed by atoms with E-state index in [1.807, 2.05) is 6.92 Å². The third-order valence-corrected chi connectivity index (χ3v) is 1.87. The lowest BCUT2D eigenvalue weighted by atomic mass is 10.3. The fraction of sp³-hybridized carbons (Fsp3) is 0.250. The molecule has 0 aliphatic carbocycles. The first-order valence-electron chi connectivity index (χ1n) is 3.44. The number of hydrogen-bond donors (Lipinski definition) is 0. The summed E-state index contributed by atoms with van der Waals surface area (Å²) in [6, 6.07) is 0. The molecular formula is C8H10N2OS. The average Bonchev–Trinajstić information content (AvgIpc) is 2.47. The van der Waals surface area contributed by atoms with Gasteiger partial charge in [0, 0.05) is 0 Å². The molecule has 0 fully saturated rings. The van der Waals surface area contributed by atoms with Crippen LogP contribution in [-0.2, 0) is 4.74 Å². The molecule has 0 saturated heterocycles. The topological polar surface area (TPSA) is 35.0 Å². The Balaban J connectivity index is 2.94. The van der Waals surface area contributed by atoms with Crippen LogP contribution in [0.25, 0.3) is 5.57 Å². The fourth-order valence-corrected chi connectivity index (χ4v) is 1.23. The highest BCUT2D eigenvalue weighted by molar-refractivity contribution is 7.05. The Morgan fingerprint density at radius 2 is 2.42 bits per heavy atom. The van der Waals surface area contributed by atoms with Gasteiger partial charge in [-0.15, -0.1) is 0 Å². The number of allylic oxidation sites excluding steroid dienone is 2. The summed E-state index contributed by atoms with van der Waals surface area (Å²) in [6.07, 6.45) is 3.25. The second-order valence-corrected chi connectivity index (χ2v) is 3.11. The van der Waals surface area contributed by atoms with Gasteiger partial charge in [-0.2, -0.15) is 4.37 Å². The van der Waals surface area contributed by atoms with Gasteiger partial charge in [-0.3, -0.25) is 0 Å². The minimum atomic E-state index is 0.675. The molecule has 1 aromatic rings. The van der Waals surface area contributed by atoms with Gasteiger partial charge in [0.2, 0.25) is 0 Å². The molecule has 0 aromatic carbocycles. The van der Waals surface area contributed by atoms with Crippen molar-refractivity contribution >= 4 is 17.1 Å². The second kappa shape index (κ2) is 4.01. The molecule has 0 spiro atoms. The summed E-state index contributed by atoms with van der Waals surface area (Å²) in [4.78, 5) is 4.19. The van der Waals surface area contributed by atoms with E-state index < -0.39 is 0 Å². The van der Waals surface area contributed by atoms with Crippen LogP contribution in [0.1, 0.15) is 10.8 Å². The smallest absolute Gasteiger partial charge is 0.176 e. The van der Waals surface area contributed by atoms with Gasteiger partial charge in [0.15, 0.2) is 5.82 Å². The van der Waals surface area contributed by atoms with Crippen molar-refractivity contribution in [2.24, 2.45) is 0 Å². The highest BCUT2D eigenvalue weighted by Crippen LogP contribution is 2.13. The van der Waals surface area contributed by atoms with Gasteiger partial charge >= 0.3 is 0 Å². The summed E-state index contributed by atoms with van der Waals surface area (Å²) < 4.78 is 8.97. The van der Waals surface area contributed by atoms with Crippen LogP contribution in [0.5, 0.6) is 0 Å². The van der Waals surface area contributed by atoms with Crippen molar-refractivity contribution < 1.29 is 4.74 Å². The molecule has 1 aromatic heterocycles. The third kappa shape index (κ3) is 1.92. The number of hydrogen-bond acceptors (Lipinski definition) is 4. The van der Waals surface area contributed by atoms with Crippen molar-refractivity contribution in [2.75, 3.05) is 7.11 Å². The SMILES string of the molecule is C=C/C(=C\OC)c1nsc(C)n1. The normalized spacial score (nSPS) is 11.3. The Bertz CT molecular complexity index is 304. The number of aryl methyl sites for hydroxylation is 1. The maximum atomic E-state index is 4.85. The molecule has 0 atom stereocenters. The summed E-state index contributed by atoms with van der Waals surface area (Å²) >= 11 is 1.37. The van der Waals surface area contributed by atoms with Crippen LogP contribution in [0.4, 0.5) is 0 Å². The molecule has 0 bridgehead atoms. The average molecular weight is 182 g/mol. The van der Waals surface area contributed by atoms with Crippen LogP contribution < -0.4 is 0 Å². The van der Waals surface area contributed by atoms with Gasteiger partial charge in [-0.25, -0.2) is 4.98 Å². The van der Waals surface area contributed by atoms with E-state index in [1.54, 1.807) is 19.4 Å². The Hall–Kier alpha value is -1.16. The molecule has 0 N–H and O–H groups in total. The number of nitrogens with zero attached hydrogens (tertiary/aromatic N) is 2. The zero-order valence-electron chi connectivity index (χ0n) is 7.07. The maximum absolute atomic E-state index is 4.85. The number of rotatable bonds is 3. The summed E-state index contributed by atoms with van der Waals surface area (Å²) in [7, 11) is 1.59. The van der Waals surface area contributed by atoms with Crippen LogP contribution in [0, 0.1) is 6.92 Å². The van der Waals surface area contributed by atoms with Gasteiger partial charge in [-0.05, 0) is 18.5 Å². The van der Waals surface area contributed by atoms with E-state index in [1.165, 1.54) is 11.5 Å². The predicted octanol–water partition coefficient (Wildman–Crippen LogP) is 2.02. The largest absolute Gasteiger partial charge is 0.504 e. The fourth-order valence-electron chi connectivity index (χ4n) is 0.736. The minimum Gasteiger partial charge on any atom is -0.504 e. The van der Waals surface area contributed by atoms with Crippen molar-refractivity contribution in [3.63, 3.8) is 0 Å². The van der Waals surface area contributed by atoms with Gasteiger partial charge in [0.05, 0.1) is 18.9 Å². The highest BCUT2D eigenvalue weighted by atomic mass is 32.1. The molecule has 64 valence electrons. The molecular weight excluding hydrogens is 172 g/mol. The Kier molecular flexibility index (Phi) is 2.99. The first-order valence-corrected chi connectivity index (χ1v) is 4.21. The van der Waals surface area contributed by atoms with Crippen LogP contribution in [0.3, 0.4) is 0 Å². The minimum absolute atomic E-state index is 0.675. The zero-order valence-corrected chi connectivity index (χ0v) is 7.89. The third-order valence-electron chi connectivity index (χ3n) is 1.25. The molecule has 0 aliphatic heterocycles. The summed E-state index contributed by atoms with van der Waals surface area (Å²) in [5.41, 5.74) is 0.807. The van der Waals surface area contributed by atoms with Crippen molar-refractivity contribution in [2.45, 2.75) is 6.92 Å². The van der Waals surface area contributed by atoms with Gasteiger partial charge < -0.3 is 4.74 Å². The standard InChI is InChI=1S/C8H10N2OS/c1-4-7(5-11-3)8-9-6(2)12-10-8/h4-5H,1H2,2-3H3/b7-5+. The second-order valence-electron chi connectivity index (χ2n) is 2.15. The molecule has 0 amide bonds. The molecule has 3 nitrogen and oxygen atoms in total. The van der Waals surface area contributed by atoms with E-state index in [0.717, 1.165) is 10.6 Å². The first-order chi connectivity index (χ1) is 5.77. The lowest BCUT2D eigenvalue weighted by Crippen LogP contribution is -1.84. The molecule has 0 saturated carbocycles. The van der Waals surface area contributed by atoms with Crippen molar-refractivity contribution in [1.82, 2.24) is 9.36 Å². The van der Waals surface area contributed by atoms with Gasteiger partial charge in [0.25, 0.3) is 0 Å². The highest BCUT2D eigenvalue weighted by Gasteiger charge is 2.03. The zero-order chi connectivity index (χ0) is 8.97. The van der Waals surface area contributed by atoms with Crippen LogP contribution in [0.2, 0.25) is 0 Å². The molecule has 12 heavy (non-hydrogen) atoms. The molecule has 1 rings (SSSR count). The van der Waals surface area contributed by atoms with Crippen molar-refractivity contribution in [3.05, 3.63) is 29.7 Å². The number of aromatic nitrogens is 2. The van der Waals surface area contributed by atoms with Gasteiger partial charge in [-0.1, -0.05) is 12.7 Å². The van der Waals surface area contributed by atoms with E-state index in [0.29, 0.717) is 5.82 Å². The Morgan fingerprint density at radius 3 is 2.83 bits per heavy atom. The molecule has 1 heterocycles. The first kappa shape index (κ1) is 8.93. The monoisotopic (exact) mass is 182 g/mol. The Labute approximate surface area is 75.6 Å².